The molecule has 6 rings (SSSR count). The van der Waals surface area contributed by atoms with E-state index in [1.807, 2.05) is 0 Å². The van der Waals surface area contributed by atoms with Crippen molar-refractivity contribution in [3.05, 3.63) is 99.1 Å². The van der Waals surface area contributed by atoms with Gasteiger partial charge in [0.1, 0.15) is 35.2 Å². The quantitative estimate of drug-likeness (QED) is 0.0437. The van der Waals surface area contributed by atoms with E-state index in [0.29, 0.717) is 23.1 Å². The SMILES string of the molecule is C[C@H]1CC(F)(F)c2c1c(C(F)(F)F)cn2CC(=O)N[C@@H](Cc1cc(F)cc(F)c1)c1nc(C#CC(C)(C)S(C)(=O)=O)ccc1-c1ccc(Cl)c2c(N(C(=O)OCCCS(=O)(=O)O)S(C)(=O)=O)nn(CC(F)(F)F)c12. The number of ether oxygens (including phenoxy) is 1. The van der Waals surface area contributed by atoms with E-state index in [9.17, 15) is 70.0 Å². The number of benzene rings is 2. The molecule has 0 saturated heterocycles. The Kier molecular flexibility index (Phi) is 15.7. The fraction of sp³-hybridized carbons (Fsp3) is 0.409. The number of carbonyl (C=O) groups excluding carboxylic acids is 2. The maximum Gasteiger partial charge on any atom is 0.429 e. The Morgan fingerprint density at radius 3 is 2.18 bits per heavy atom. The van der Waals surface area contributed by atoms with Crippen LogP contribution in [0.1, 0.15) is 79.3 Å². The minimum absolute atomic E-state index is 0.170. The second kappa shape index (κ2) is 20.3. The number of fused-ring (bicyclic) bond motifs is 2. The lowest BCUT2D eigenvalue weighted by Gasteiger charge is -2.23. The molecule has 0 spiro atoms. The van der Waals surface area contributed by atoms with E-state index in [0.717, 1.165) is 49.6 Å². The second-order valence-electron chi connectivity index (χ2n) is 17.7. The van der Waals surface area contributed by atoms with Gasteiger partial charge in [-0.2, -0.15) is 52.9 Å². The highest BCUT2D eigenvalue weighted by Crippen LogP contribution is 2.53. The van der Waals surface area contributed by atoms with E-state index in [1.54, 1.807) is 0 Å². The topological polar surface area (TPSA) is 217 Å². The summed E-state index contributed by atoms with van der Waals surface area (Å²) in [6, 6.07) is 4.45. The minimum Gasteiger partial charge on any atom is -0.448 e. The van der Waals surface area contributed by atoms with Gasteiger partial charge in [-0.1, -0.05) is 30.5 Å². The van der Waals surface area contributed by atoms with Gasteiger partial charge < -0.3 is 14.6 Å². The first-order chi connectivity index (χ1) is 33.8. The van der Waals surface area contributed by atoms with Crippen LogP contribution in [0.5, 0.6) is 0 Å². The van der Waals surface area contributed by atoms with Crippen molar-refractivity contribution in [1.82, 2.24) is 24.6 Å². The molecule has 0 aliphatic heterocycles. The summed E-state index contributed by atoms with van der Waals surface area (Å²) in [6.07, 6.45) is -13.0. The summed E-state index contributed by atoms with van der Waals surface area (Å²) in [7, 11) is -13.5. The van der Waals surface area contributed by atoms with Crippen LogP contribution in [0.15, 0.2) is 48.7 Å². The smallest absolute Gasteiger partial charge is 0.429 e. The number of carbonyl (C=O) groups is 2. The molecule has 3 aromatic heterocycles. The minimum atomic E-state index is -5.20. The Labute approximate surface area is 420 Å². The van der Waals surface area contributed by atoms with Gasteiger partial charge in [0, 0.05) is 36.1 Å². The number of hydrogen-bond donors (Lipinski definition) is 2. The third kappa shape index (κ3) is 12.9. The number of halogens is 11. The summed E-state index contributed by atoms with van der Waals surface area (Å²) in [5, 5.41) is 4.97. The number of anilines is 1. The molecule has 0 radical (unpaired) electrons. The van der Waals surface area contributed by atoms with Gasteiger partial charge in [0.15, 0.2) is 15.7 Å². The van der Waals surface area contributed by atoms with Crippen molar-refractivity contribution in [3.63, 3.8) is 0 Å². The molecule has 1 aliphatic carbocycles. The predicted molar refractivity (Wildman–Crippen MR) is 247 cm³/mol. The molecule has 3 heterocycles. The highest BCUT2D eigenvalue weighted by Gasteiger charge is 2.52. The molecular formula is C44H41ClF10N6O10S3. The largest absolute Gasteiger partial charge is 0.448 e. The molecule has 2 atom stereocenters. The number of aromatic nitrogens is 4. The van der Waals surface area contributed by atoms with Crippen LogP contribution in [0.3, 0.4) is 0 Å². The Balaban J connectivity index is 1.64. The van der Waals surface area contributed by atoms with Gasteiger partial charge in [0.05, 0.1) is 57.5 Å². The summed E-state index contributed by atoms with van der Waals surface area (Å²) in [5.74, 6) is -5.90. The van der Waals surface area contributed by atoms with Crippen molar-refractivity contribution < 1.29 is 88.0 Å². The van der Waals surface area contributed by atoms with Crippen LogP contribution in [0.2, 0.25) is 5.02 Å². The molecule has 5 aromatic rings. The van der Waals surface area contributed by atoms with Crippen LogP contribution in [0, 0.1) is 23.5 Å². The van der Waals surface area contributed by atoms with Crippen molar-refractivity contribution >= 4 is 70.3 Å². The van der Waals surface area contributed by atoms with Crippen molar-refractivity contribution in [2.24, 2.45) is 0 Å². The van der Waals surface area contributed by atoms with Crippen molar-refractivity contribution in [2.75, 3.05) is 29.2 Å². The fourth-order valence-electron chi connectivity index (χ4n) is 8.08. The van der Waals surface area contributed by atoms with E-state index in [4.69, 9.17) is 20.9 Å². The molecule has 74 heavy (non-hydrogen) atoms. The maximum atomic E-state index is 15.4. The molecule has 0 fully saturated rings. The molecule has 0 bridgehead atoms. The van der Waals surface area contributed by atoms with E-state index in [-0.39, 0.29) is 25.8 Å². The number of nitrogens with one attached hydrogen (secondary N) is 1. The van der Waals surface area contributed by atoms with Gasteiger partial charge in [-0.15, -0.1) is 0 Å². The van der Waals surface area contributed by atoms with Crippen molar-refractivity contribution in [3.8, 4) is 23.0 Å². The number of nitrogens with zero attached hydrogens (tertiary/aromatic N) is 5. The van der Waals surface area contributed by atoms with Crippen LogP contribution in [-0.4, -0.2) is 96.9 Å². The molecule has 0 saturated carbocycles. The third-order valence-corrected chi connectivity index (χ3v) is 15.5. The Bertz CT molecular complexity index is 3460. The first-order valence-electron chi connectivity index (χ1n) is 21.3. The number of hydrogen-bond acceptors (Lipinski definition) is 11. The summed E-state index contributed by atoms with van der Waals surface area (Å²) >= 11 is 6.57. The van der Waals surface area contributed by atoms with Crippen LogP contribution >= 0.6 is 11.6 Å². The summed E-state index contributed by atoms with van der Waals surface area (Å²) in [5.41, 5.74) is -5.99. The number of alkyl halides is 8. The van der Waals surface area contributed by atoms with Crippen LogP contribution in [0.25, 0.3) is 22.0 Å². The molecule has 402 valence electrons. The molecule has 2 N–H and O–H groups in total. The van der Waals surface area contributed by atoms with Crippen molar-refractivity contribution in [2.45, 2.75) is 88.1 Å². The van der Waals surface area contributed by atoms with Gasteiger partial charge in [-0.3, -0.25) is 14.0 Å². The second-order valence-corrected chi connectivity index (χ2v) is 24.1. The van der Waals surface area contributed by atoms with Gasteiger partial charge in [-0.05, 0) is 80.0 Å². The lowest BCUT2D eigenvalue weighted by molar-refractivity contribution is -0.142. The van der Waals surface area contributed by atoms with E-state index in [1.165, 1.54) is 13.8 Å². The first kappa shape index (κ1) is 57.3. The standard InChI is InChI=1S/C44H41ClF10N6O10S3/c1-23-19-42(48,49)38-34(23)30(44(53,54)55)20-59(38)21-33(62)57-32(17-24-15-25(46)18-26(47)16-24)36-28(8-7-27(56-36)11-12-41(2,3)72(4,64)65)29-9-10-31(45)35-37(29)60(22-43(50,51)52)58-39(35)61(73(5,66)67)40(63)71-13-6-14-74(68,69)70/h7-10,15-16,18,20,23,32H,6,13-14,17,19,21-22H2,1-5H3,(H,57,62)(H,68,69,70)/t23-,32-/m0/s1. The lowest BCUT2D eigenvalue weighted by atomic mass is 9.93. The Morgan fingerprint density at radius 1 is 0.986 bits per heavy atom. The first-order valence-corrected chi connectivity index (χ1v) is 27.1. The molecule has 16 nitrogen and oxygen atoms in total. The zero-order valence-electron chi connectivity index (χ0n) is 39.0. The fourth-order valence-corrected chi connectivity index (χ4v) is 9.80. The lowest BCUT2D eigenvalue weighted by Crippen LogP contribution is -2.37. The average molecular weight is 1140 g/mol. The van der Waals surface area contributed by atoms with Crippen molar-refractivity contribution in [1.29, 1.82) is 0 Å². The summed E-state index contributed by atoms with van der Waals surface area (Å²) in [6.45, 7) is -0.609. The van der Waals surface area contributed by atoms with E-state index >= 15 is 8.78 Å². The number of rotatable bonds is 15. The number of pyridine rings is 1. The maximum absolute atomic E-state index is 15.4. The molecule has 30 heteroatoms. The van der Waals surface area contributed by atoms with Crippen LogP contribution in [0.4, 0.5) is 54.5 Å². The summed E-state index contributed by atoms with van der Waals surface area (Å²) < 4.78 is 234. The molecular weight excluding hydrogens is 1090 g/mol. The number of sulfonamides is 1. The molecule has 2 amide bonds. The van der Waals surface area contributed by atoms with E-state index < -0.39 is 183 Å². The predicted octanol–water partition coefficient (Wildman–Crippen LogP) is 8.47. The summed E-state index contributed by atoms with van der Waals surface area (Å²) in [4.78, 5) is 32.1. The van der Waals surface area contributed by atoms with Crippen LogP contribution in [-0.2, 0) is 71.1 Å². The van der Waals surface area contributed by atoms with Gasteiger partial charge in [0.25, 0.3) is 16.0 Å². The number of sulfone groups is 1. The highest BCUT2D eigenvalue weighted by molar-refractivity contribution is 7.93. The molecule has 0 unspecified atom stereocenters. The molecule has 1 aliphatic rings. The Morgan fingerprint density at radius 2 is 1.61 bits per heavy atom. The average Bonchev–Trinajstić information content (AvgIpc) is 3.86. The Hall–Kier alpha value is -5.96. The van der Waals surface area contributed by atoms with Gasteiger partial charge in [0.2, 0.25) is 15.9 Å². The zero-order chi connectivity index (χ0) is 55.5. The molecule has 2 aromatic carbocycles. The zero-order valence-corrected chi connectivity index (χ0v) is 42.2. The number of amides is 2. The van der Waals surface area contributed by atoms with Gasteiger partial charge >= 0.3 is 18.4 Å². The van der Waals surface area contributed by atoms with E-state index in [2.05, 4.69) is 27.2 Å². The van der Waals surface area contributed by atoms with Gasteiger partial charge in [-0.25, -0.2) is 35.4 Å². The third-order valence-electron chi connectivity index (χ3n) is 11.4. The highest BCUT2D eigenvalue weighted by atomic mass is 35.5. The normalized spacial score (nSPS) is 15.6. The monoisotopic (exact) mass is 1130 g/mol. The van der Waals surface area contributed by atoms with Crippen LogP contribution < -0.4 is 9.62 Å².